The monoisotopic (exact) mass is 288 g/mol. The van der Waals surface area contributed by atoms with Crippen molar-refractivity contribution in [2.45, 2.75) is 37.4 Å². The van der Waals surface area contributed by atoms with Crippen molar-refractivity contribution in [3.63, 3.8) is 0 Å². The Morgan fingerprint density at radius 2 is 2.37 bits per heavy atom. The lowest BCUT2D eigenvalue weighted by Gasteiger charge is -2.16. The Hall–Kier alpha value is -0.890. The number of aliphatic hydroxyl groups excluding tert-OH is 1. The summed E-state index contributed by atoms with van der Waals surface area (Å²) in [6.45, 7) is 2.92. The Labute approximate surface area is 113 Å². The summed E-state index contributed by atoms with van der Waals surface area (Å²) in [5.74, 6) is 0.232. The van der Waals surface area contributed by atoms with Crippen molar-refractivity contribution in [2.24, 2.45) is 5.92 Å². The van der Waals surface area contributed by atoms with Crippen molar-refractivity contribution in [1.29, 1.82) is 0 Å². The number of nitrogens with one attached hydrogen (secondary N) is 2. The van der Waals surface area contributed by atoms with E-state index >= 15 is 0 Å². The van der Waals surface area contributed by atoms with E-state index in [1.54, 1.807) is 0 Å². The van der Waals surface area contributed by atoms with E-state index in [9.17, 15) is 8.42 Å². The molecule has 6 nitrogen and oxygen atoms in total. The predicted octanol–water partition coefficient (Wildman–Crippen LogP) is 0.600. The number of aliphatic hydroxyl groups is 1. The lowest BCUT2D eigenvalue weighted by atomic mass is 10.0. The van der Waals surface area contributed by atoms with Crippen LogP contribution in [0.25, 0.3) is 0 Å². The standard InChI is InChI=1S/C12H20N2O4S/c1-2-12-9(3-4-18-12)6-14-19(16,17)11-5-10(8-15)13-7-11/h5,7,9,12-15H,2-4,6,8H2,1H3. The quantitative estimate of drug-likeness (QED) is 0.715. The van der Waals surface area contributed by atoms with Gasteiger partial charge in [-0.3, -0.25) is 0 Å². The van der Waals surface area contributed by atoms with Gasteiger partial charge >= 0.3 is 0 Å². The minimum absolute atomic E-state index is 0.141. The average Bonchev–Trinajstić information content (AvgIpc) is 3.05. The van der Waals surface area contributed by atoms with Gasteiger partial charge in [0.25, 0.3) is 0 Å². The van der Waals surface area contributed by atoms with Crippen molar-refractivity contribution in [2.75, 3.05) is 13.2 Å². The fraction of sp³-hybridized carbons (Fsp3) is 0.667. The fourth-order valence-corrected chi connectivity index (χ4v) is 3.45. The van der Waals surface area contributed by atoms with Crippen LogP contribution in [0.5, 0.6) is 0 Å². The Kier molecular flexibility index (Phi) is 4.62. The number of H-pyrrole nitrogens is 1. The highest BCUT2D eigenvalue weighted by Crippen LogP contribution is 2.23. The molecule has 1 aliphatic heterocycles. The lowest BCUT2D eigenvalue weighted by molar-refractivity contribution is 0.0884. The van der Waals surface area contributed by atoms with Gasteiger partial charge in [-0.25, -0.2) is 13.1 Å². The summed E-state index contributed by atoms with van der Waals surface area (Å²) in [5.41, 5.74) is 0.482. The van der Waals surface area contributed by atoms with Crippen molar-refractivity contribution in [1.82, 2.24) is 9.71 Å². The molecule has 1 aromatic rings. The molecule has 19 heavy (non-hydrogen) atoms. The summed E-state index contributed by atoms with van der Waals surface area (Å²) >= 11 is 0. The van der Waals surface area contributed by atoms with Crippen LogP contribution in [0.1, 0.15) is 25.5 Å². The number of ether oxygens (including phenoxy) is 1. The summed E-state index contributed by atoms with van der Waals surface area (Å²) in [6.07, 6.45) is 3.30. The van der Waals surface area contributed by atoms with E-state index in [0.717, 1.165) is 12.8 Å². The van der Waals surface area contributed by atoms with Gasteiger partial charge in [0.15, 0.2) is 0 Å². The normalized spacial score (nSPS) is 23.9. The Morgan fingerprint density at radius 3 is 3.00 bits per heavy atom. The molecule has 2 rings (SSSR count). The summed E-state index contributed by atoms with van der Waals surface area (Å²) in [5, 5.41) is 8.92. The number of hydrogen-bond donors (Lipinski definition) is 3. The largest absolute Gasteiger partial charge is 0.390 e. The first-order valence-corrected chi connectivity index (χ1v) is 7.94. The summed E-state index contributed by atoms with van der Waals surface area (Å²) in [4.78, 5) is 2.87. The fourth-order valence-electron chi connectivity index (χ4n) is 2.34. The van der Waals surface area contributed by atoms with E-state index in [2.05, 4.69) is 9.71 Å². The van der Waals surface area contributed by atoms with Crippen LogP contribution in [-0.4, -0.2) is 37.8 Å². The second kappa shape index (κ2) is 6.04. The number of aromatic amines is 1. The van der Waals surface area contributed by atoms with Crippen LogP contribution >= 0.6 is 0 Å². The molecular weight excluding hydrogens is 268 g/mol. The first kappa shape index (κ1) is 14.5. The minimum atomic E-state index is -3.52. The van der Waals surface area contributed by atoms with E-state index in [1.807, 2.05) is 6.92 Å². The molecule has 2 unspecified atom stereocenters. The molecule has 0 aromatic carbocycles. The van der Waals surface area contributed by atoms with Gasteiger partial charge in [0, 0.05) is 31.0 Å². The van der Waals surface area contributed by atoms with Crippen LogP contribution in [0.2, 0.25) is 0 Å². The Morgan fingerprint density at radius 1 is 1.58 bits per heavy atom. The highest BCUT2D eigenvalue weighted by atomic mass is 32.2. The minimum Gasteiger partial charge on any atom is -0.390 e. The Bertz CT molecular complexity index is 512. The second-order valence-electron chi connectivity index (χ2n) is 4.74. The molecule has 2 heterocycles. The first-order chi connectivity index (χ1) is 9.06. The molecule has 3 N–H and O–H groups in total. The van der Waals surface area contributed by atoms with E-state index in [-0.39, 0.29) is 23.5 Å². The van der Waals surface area contributed by atoms with Crippen LogP contribution in [0.15, 0.2) is 17.2 Å². The van der Waals surface area contributed by atoms with E-state index in [4.69, 9.17) is 9.84 Å². The number of rotatable bonds is 6. The zero-order valence-corrected chi connectivity index (χ0v) is 11.7. The maximum Gasteiger partial charge on any atom is 0.242 e. The van der Waals surface area contributed by atoms with Gasteiger partial charge in [-0.2, -0.15) is 0 Å². The topological polar surface area (TPSA) is 91.4 Å². The molecule has 0 aliphatic carbocycles. The third kappa shape index (κ3) is 3.36. The van der Waals surface area contributed by atoms with Crippen molar-refractivity contribution >= 4 is 10.0 Å². The van der Waals surface area contributed by atoms with Crippen molar-refractivity contribution in [3.8, 4) is 0 Å². The van der Waals surface area contributed by atoms with Crippen molar-refractivity contribution in [3.05, 3.63) is 18.0 Å². The molecule has 7 heteroatoms. The lowest BCUT2D eigenvalue weighted by Crippen LogP contribution is -2.32. The molecule has 0 saturated carbocycles. The molecule has 108 valence electrons. The molecule has 1 aliphatic rings. The van der Waals surface area contributed by atoms with Gasteiger partial charge in [-0.15, -0.1) is 0 Å². The van der Waals surface area contributed by atoms with Gasteiger partial charge in [0.05, 0.1) is 17.6 Å². The number of aromatic nitrogens is 1. The molecule has 0 spiro atoms. The predicted molar refractivity (Wildman–Crippen MR) is 70.0 cm³/mol. The van der Waals surface area contributed by atoms with Gasteiger partial charge in [0.1, 0.15) is 0 Å². The first-order valence-electron chi connectivity index (χ1n) is 6.46. The van der Waals surface area contributed by atoms with Crippen LogP contribution in [0.3, 0.4) is 0 Å². The summed E-state index contributed by atoms with van der Waals surface area (Å²) in [6, 6.07) is 1.44. The van der Waals surface area contributed by atoms with Gasteiger partial charge in [-0.1, -0.05) is 6.92 Å². The molecule has 1 saturated heterocycles. The SMILES string of the molecule is CCC1OCCC1CNS(=O)(=O)c1c[nH]c(CO)c1. The van der Waals surface area contributed by atoms with Crippen LogP contribution in [0, 0.1) is 5.92 Å². The highest BCUT2D eigenvalue weighted by molar-refractivity contribution is 7.89. The zero-order chi connectivity index (χ0) is 13.9. The molecule has 0 amide bonds. The number of sulfonamides is 1. The molecule has 2 atom stereocenters. The van der Waals surface area contributed by atoms with Crippen LogP contribution in [-0.2, 0) is 21.4 Å². The third-order valence-corrected chi connectivity index (χ3v) is 4.88. The van der Waals surface area contributed by atoms with Gasteiger partial charge < -0.3 is 14.8 Å². The van der Waals surface area contributed by atoms with E-state index in [0.29, 0.717) is 18.8 Å². The van der Waals surface area contributed by atoms with E-state index < -0.39 is 10.0 Å². The third-order valence-electron chi connectivity index (χ3n) is 3.48. The second-order valence-corrected chi connectivity index (χ2v) is 6.50. The molecular formula is C12H20N2O4S. The summed E-state index contributed by atoms with van der Waals surface area (Å²) in [7, 11) is -3.52. The molecule has 0 radical (unpaired) electrons. The molecule has 1 aromatic heterocycles. The molecule has 1 fully saturated rings. The van der Waals surface area contributed by atoms with Crippen LogP contribution < -0.4 is 4.72 Å². The van der Waals surface area contributed by atoms with Gasteiger partial charge in [0.2, 0.25) is 10.0 Å². The maximum atomic E-state index is 12.1. The summed E-state index contributed by atoms with van der Waals surface area (Å²) < 4.78 is 32.3. The average molecular weight is 288 g/mol. The maximum absolute atomic E-state index is 12.1. The number of hydrogen-bond acceptors (Lipinski definition) is 4. The van der Waals surface area contributed by atoms with E-state index in [1.165, 1.54) is 12.3 Å². The highest BCUT2D eigenvalue weighted by Gasteiger charge is 2.28. The zero-order valence-electron chi connectivity index (χ0n) is 10.9. The van der Waals surface area contributed by atoms with Gasteiger partial charge in [-0.05, 0) is 18.9 Å². The smallest absolute Gasteiger partial charge is 0.242 e. The van der Waals surface area contributed by atoms with Crippen molar-refractivity contribution < 1.29 is 18.3 Å². The molecule has 0 bridgehead atoms. The van der Waals surface area contributed by atoms with Crippen LogP contribution in [0.4, 0.5) is 0 Å². The Balaban J connectivity index is 1.97.